The lowest BCUT2D eigenvalue weighted by Crippen LogP contribution is -2.42. The number of carbonyl (C=O) groups is 2. The molecule has 10 nitrogen and oxygen atoms in total. The standard InChI is InChI=1S/C19H20N4O6S2/c1-4-29-19(26)12-5-7-13(8-6-12)31(27,28)23-22-15(24)9-14-20-17(25)16-10(2)11(3)30-18(16)21-14/h5-8,23H,4,9H2,1-3H3,(H,22,24)(H,20,21,25). The molecule has 164 valence electrons. The molecule has 0 unspecified atom stereocenters. The molecule has 0 fully saturated rings. The van der Waals surface area contributed by atoms with Gasteiger partial charge in [-0.3, -0.25) is 15.0 Å². The Kier molecular flexibility index (Phi) is 6.53. The van der Waals surface area contributed by atoms with Crippen molar-refractivity contribution in [3.63, 3.8) is 0 Å². The number of fused-ring (bicyclic) bond motifs is 1. The van der Waals surface area contributed by atoms with Gasteiger partial charge in [0, 0.05) is 4.88 Å². The van der Waals surface area contributed by atoms with Gasteiger partial charge in [-0.15, -0.1) is 16.2 Å². The number of hydrogen-bond donors (Lipinski definition) is 3. The number of thiophene rings is 1. The zero-order chi connectivity index (χ0) is 22.8. The highest BCUT2D eigenvalue weighted by Crippen LogP contribution is 2.25. The topological polar surface area (TPSA) is 147 Å². The summed E-state index contributed by atoms with van der Waals surface area (Å²) in [4.78, 5) is 46.2. The number of sulfonamides is 1. The molecular weight excluding hydrogens is 444 g/mol. The van der Waals surface area contributed by atoms with E-state index in [4.69, 9.17) is 4.74 Å². The maximum atomic E-state index is 12.4. The SMILES string of the molecule is CCOC(=O)c1ccc(S(=O)(=O)NNC(=O)Cc2nc3sc(C)c(C)c3c(=O)[nH]2)cc1. The van der Waals surface area contributed by atoms with E-state index in [-0.39, 0.29) is 34.9 Å². The van der Waals surface area contributed by atoms with Crippen molar-refractivity contribution in [2.45, 2.75) is 32.1 Å². The number of hydrogen-bond acceptors (Lipinski definition) is 8. The van der Waals surface area contributed by atoms with Crippen LogP contribution < -0.4 is 15.8 Å². The van der Waals surface area contributed by atoms with E-state index in [9.17, 15) is 22.8 Å². The van der Waals surface area contributed by atoms with Crippen molar-refractivity contribution < 1.29 is 22.7 Å². The molecule has 0 aliphatic heterocycles. The third kappa shape index (κ3) is 4.98. The second-order valence-corrected chi connectivity index (χ2v) is 9.44. The van der Waals surface area contributed by atoms with Crippen LogP contribution in [0.2, 0.25) is 0 Å². The number of nitrogens with one attached hydrogen (secondary N) is 3. The third-order valence-electron chi connectivity index (χ3n) is 4.42. The monoisotopic (exact) mass is 464 g/mol. The van der Waals surface area contributed by atoms with Gasteiger partial charge in [-0.1, -0.05) is 0 Å². The zero-order valence-corrected chi connectivity index (χ0v) is 18.6. The van der Waals surface area contributed by atoms with Gasteiger partial charge in [0.1, 0.15) is 10.7 Å². The van der Waals surface area contributed by atoms with Gasteiger partial charge in [-0.25, -0.2) is 18.2 Å². The highest BCUT2D eigenvalue weighted by atomic mass is 32.2. The Morgan fingerprint density at radius 3 is 2.52 bits per heavy atom. The van der Waals surface area contributed by atoms with Gasteiger partial charge in [0.2, 0.25) is 5.91 Å². The Hall–Kier alpha value is -3.09. The number of benzene rings is 1. The maximum absolute atomic E-state index is 12.4. The summed E-state index contributed by atoms with van der Waals surface area (Å²) < 4.78 is 29.5. The third-order valence-corrected chi connectivity index (χ3v) is 6.78. The normalized spacial score (nSPS) is 11.5. The Morgan fingerprint density at radius 2 is 1.87 bits per heavy atom. The molecule has 0 aliphatic rings. The maximum Gasteiger partial charge on any atom is 0.338 e. The molecule has 2 aromatic heterocycles. The Bertz CT molecular complexity index is 1310. The van der Waals surface area contributed by atoms with E-state index >= 15 is 0 Å². The highest BCUT2D eigenvalue weighted by molar-refractivity contribution is 7.89. The molecule has 0 aliphatic carbocycles. The van der Waals surface area contributed by atoms with Crippen LogP contribution in [0, 0.1) is 13.8 Å². The van der Waals surface area contributed by atoms with Crippen LogP contribution in [-0.4, -0.2) is 36.9 Å². The summed E-state index contributed by atoms with van der Waals surface area (Å²) in [5, 5.41) is 0.485. The molecule has 31 heavy (non-hydrogen) atoms. The summed E-state index contributed by atoms with van der Waals surface area (Å²) in [6.07, 6.45) is -0.328. The smallest absolute Gasteiger partial charge is 0.338 e. The van der Waals surface area contributed by atoms with Gasteiger partial charge in [0.05, 0.1) is 28.9 Å². The Morgan fingerprint density at radius 1 is 1.19 bits per heavy atom. The van der Waals surface area contributed by atoms with E-state index in [1.165, 1.54) is 35.6 Å². The fraction of sp³-hybridized carbons (Fsp3) is 0.263. The van der Waals surface area contributed by atoms with E-state index in [1.54, 1.807) is 6.92 Å². The fourth-order valence-electron chi connectivity index (χ4n) is 2.75. The van der Waals surface area contributed by atoms with E-state index in [0.29, 0.717) is 10.2 Å². The molecule has 0 atom stereocenters. The summed E-state index contributed by atoms with van der Waals surface area (Å²) in [6.45, 7) is 5.56. The van der Waals surface area contributed by atoms with Crippen LogP contribution in [0.5, 0.6) is 0 Å². The van der Waals surface area contributed by atoms with Crippen LogP contribution in [0.4, 0.5) is 0 Å². The van der Waals surface area contributed by atoms with Crippen LogP contribution >= 0.6 is 11.3 Å². The molecule has 0 bridgehead atoms. The van der Waals surface area contributed by atoms with Gasteiger partial charge >= 0.3 is 5.97 Å². The number of nitrogens with zero attached hydrogens (tertiary/aromatic N) is 1. The first-order chi connectivity index (χ1) is 14.6. The van der Waals surface area contributed by atoms with E-state index < -0.39 is 21.9 Å². The van der Waals surface area contributed by atoms with Crippen molar-refractivity contribution in [2.24, 2.45) is 0 Å². The van der Waals surface area contributed by atoms with Gasteiger partial charge < -0.3 is 9.72 Å². The first kappa shape index (κ1) is 22.6. The molecule has 0 saturated carbocycles. The quantitative estimate of drug-likeness (QED) is 0.353. The molecule has 3 rings (SSSR count). The van der Waals surface area contributed by atoms with Crippen LogP contribution in [0.3, 0.4) is 0 Å². The molecule has 3 N–H and O–H groups in total. The highest BCUT2D eigenvalue weighted by Gasteiger charge is 2.18. The van der Waals surface area contributed by atoms with Crippen molar-refractivity contribution in [3.8, 4) is 0 Å². The van der Waals surface area contributed by atoms with E-state index in [0.717, 1.165) is 10.4 Å². The zero-order valence-electron chi connectivity index (χ0n) is 16.9. The van der Waals surface area contributed by atoms with Crippen LogP contribution in [-0.2, 0) is 26.0 Å². The number of aryl methyl sites for hydroxylation is 2. The number of H-pyrrole nitrogens is 1. The summed E-state index contributed by atoms with van der Waals surface area (Å²) in [5.74, 6) is -1.16. The van der Waals surface area contributed by atoms with E-state index in [1.807, 2.05) is 18.7 Å². The lowest BCUT2D eigenvalue weighted by molar-refractivity contribution is -0.121. The minimum absolute atomic E-state index is 0.120. The molecule has 12 heteroatoms. The molecule has 0 saturated heterocycles. The Labute approximate surface area is 181 Å². The predicted octanol–water partition coefficient (Wildman–Crippen LogP) is 1.33. The fourth-order valence-corrected chi connectivity index (χ4v) is 4.66. The molecule has 3 aromatic rings. The average molecular weight is 465 g/mol. The first-order valence-electron chi connectivity index (χ1n) is 9.19. The first-order valence-corrected chi connectivity index (χ1v) is 11.5. The molecule has 0 radical (unpaired) electrons. The lowest BCUT2D eigenvalue weighted by atomic mass is 10.2. The number of rotatable bonds is 7. The van der Waals surface area contributed by atoms with Crippen LogP contribution in [0.1, 0.15) is 33.5 Å². The van der Waals surface area contributed by atoms with Crippen LogP contribution in [0.25, 0.3) is 10.2 Å². The molecule has 1 amide bonds. The minimum atomic E-state index is -4.07. The second kappa shape index (κ2) is 8.96. The number of hydrazine groups is 1. The van der Waals surface area contributed by atoms with Gasteiger partial charge in [0.25, 0.3) is 15.6 Å². The molecule has 2 heterocycles. The van der Waals surface area contributed by atoms with E-state index in [2.05, 4.69) is 15.4 Å². The summed E-state index contributed by atoms with van der Waals surface area (Å²) in [6, 6.07) is 5.05. The summed E-state index contributed by atoms with van der Waals surface area (Å²) in [5.41, 5.74) is 2.78. The molecular formula is C19H20N4O6S2. The average Bonchev–Trinajstić information content (AvgIpc) is 3.00. The van der Waals surface area contributed by atoms with Gasteiger partial charge in [0.15, 0.2) is 0 Å². The van der Waals surface area contributed by atoms with Crippen molar-refractivity contribution in [2.75, 3.05) is 6.61 Å². The van der Waals surface area contributed by atoms with Crippen molar-refractivity contribution in [3.05, 3.63) is 56.4 Å². The number of amides is 1. The van der Waals surface area contributed by atoms with Gasteiger partial charge in [-0.05, 0) is 50.6 Å². The summed E-state index contributed by atoms with van der Waals surface area (Å²) >= 11 is 1.35. The molecule has 0 spiro atoms. The summed E-state index contributed by atoms with van der Waals surface area (Å²) in [7, 11) is -4.07. The minimum Gasteiger partial charge on any atom is -0.462 e. The predicted molar refractivity (Wildman–Crippen MR) is 114 cm³/mol. The number of esters is 1. The number of carbonyl (C=O) groups excluding carboxylic acids is 2. The van der Waals surface area contributed by atoms with Crippen molar-refractivity contribution in [1.29, 1.82) is 0 Å². The van der Waals surface area contributed by atoms with Crippen molar-refractivity contribution in [1.82, 2.24) is 20.2 Å². The number of aromatic nitrogens is 2. The second-order valence-electron chi connectivity index (χ2n) is 6.55. The largest absolute Gasteiger partial charge is 0.462 e. The number of ether oxygens (including phenoxy) is 1. The van der Waals surface area contributed by atoms with Gasteiger partial charge in [-0.2, -0.15) is 0 Å². The van der Waals surface area contributed by atoms with Crippen LogP contribution in [0.15, 0.2) is 34.0 Å². The number of aromatic amines is 1. The lowest BCUT2D eigenvalue weighted by Gasteiger charge is -2.09. The Balaban J connectivity index is 1.67. The van der Waals surface area contributed by atoms with Crippen molar-refractivity contribution >= 4 is 43.5 Å². The molecule has 1 aromatic carbocycles.